The molecule has 0 fully saturated rings. The number of carbonyl (C=O) groups is 1. The van der Waals surface area contributed by atoms with Crippen LogP contribution in [-0.4, -0.2) is 18.2 Å². The third kappa shape index (κ3) is 2.16. The van der Waals surface area contributed by atoms with Gasteiger partial charge in [-0.3, -0.25) is 0 Å². The number of carbonyl (C=O) groups excluding carboxylic acids is 1. The molecule has 0 aliphatic carbocycles. The van der Waals surface area contributed by atoms with Crippen molar-refractivity contribution in [2.24, 2.45) is 0 Å². The van der Waals surface area contributed by atoms with Gasteiger partial charge >= 0.3 is 5.97 Å². The van der Waals surface area contributed by atoms with Crippen LogP contribution in [0.3, 0.4) is 0 Å². The number of hydrogen-bond acceptors (Lipinski definition) is 5. The maximum Gasteiger partial charge on any atom is 0.349 e. The number of fused-ring (bicyclic) bond motifs is 1. The fourth-order valence-corrected chi connectivity index (χ4v) is 2.28. The summed E-state index contributed by atoms with van der Waals surface area (Å²) in [6.45, 7) is 1.65. The number of benzene rings is 2. The third-order valence-electron chi connectivity index (χ3n) is 3.41. The molecule has 1 aliphatic heterocycles. The molecule has 0 aromatic heterocycles. The molecule has 5 heteroatoms. The molecular formula is C16H14O5. The molecule has 1 N–H and O–H groups in total. The van der Waals surface area contributed by atoms with Crippen molar-refractivity contribution < 1.29 is 24.1 Å². The lowest BCUT2D eigenvalue weighted by atomic mass is 10.0. The highest BCUT2D eigenvalue weighted by molar-refractivity contribution is 5.96. The van der Waals surface area contributed by atoms with E-state index in [0.717, 1.165) is 0 Å². The van der Waals surface area contributed by atoms with E-state index in [-0.39, 0.29) is 11.3 Å². The molecule has 1 heterocycles. The lowest BCUT2D eigenvalue weighted by Gasteiger charge is -2.35. The van der Waals surface area contributed by atoms with E-state index in [1.165, 1.54) is 6.07 Å². The van der Waals surface area contributed by atoms with Gasteiger partial charge in [-0.1, -0.05) is 6.07 Å². The van der Waals surface area contributed by atoms with Crippen LogP contribution in [0, 0.1) is 0 Å². The summed E-state index contributed by atoms with van der Waals surface area (Å²) >= 11 is 0. The molecule has 3 rings (SSSR count). The molecule has 5 nitrogen and oxygen atoms in total. The van der Waals surface area contributed by atoms with E-state index in [0.29, 0.717) is 17.1 Å². The predicted octanol–water partition coefficient (Wildman–Crippen LogP) is 2.82. The van der Waals surface area contributed by atoms with Crippen molar-refractivity contribution in [2.45, 2.75) is 12.7 Å². The summed E-state index contributed by atoms with van der Waals surface area (Å²) in [7, 11) is 1.58. The van der Waals surface area contributed by atoms with E-state index in [1.807, 2.05) is 0 Å². The molecule has 0 saturated heterocycles. The largest absolute Gasteiger partial charge is 0.507 e. The molecule has 2 aromatic rings. The Morgan fingerprint density at radius 1 is 1.10 bits per heavy atom. The normalized spacial score (nSPS) is 20.2. The third-order valence-corrected chi connectivity index (χ3v) is 3.41. The first-order valence-corrected chi connectivity index (χ1v) is 6.42. The molecule has 0 spiro atoms. The van der Waals surface area contributed by atoms with Gasteiger partial charge in [0, 0.05) is 12.5 Å². The van der Waals surface area contributed by atoms with Crippen LogP contribution in [0.25, 0.3) is 0 Å². The first kappa shape index (κ1) is 13.3. The Morgan fingerprint density at radius 3 is 2.48 bits per heavy atom. The highest BCUT2D eigenvalue weighted by atomic mass is 16.7. The van der Waals surface area contributed by atoms with Gasteiger partial charge in [-0.25, -0.2) is 4.79 Å². The minimum Gasteiger partial charge on any atom is -0.507 e. The summed E-state index contributed by atoms with van der Waals surface area (Å²) in [5.74, 6) is -1.03. The Hall–Kier alpha value is -2.69. The number of methoxy groups -OCH3 is 1. The second-order valence-electron chi connectivity index (χ2n) is 4.82. The number of phenolic OH excluding ortho intramolecular Hbond substituents is 1. The zero-order valence-electron chi connectivity index (χ0n) is 11.6. The van der Waals surface area contributed by atoms with Crippen molar-refractivity contribution in [2.75, 3.05) is 7.11 Å². The van der Waals surface area contributed by atoms with E-state index in [2.05, 4.69) is 0 Å². The molecule has 0 saturated carbocycles. The molecule has 0 bridgehead atoms. The van der Waals surface area contributed by atoms with Crippen LogP contribution < -0.4 is 9.47 Å². The summed E-state index contributed by atoms with van der Waals surface area (Å²) in [5, 5.41) is 9.74. The first-order valence-electron chi connectivity index (χ1n) is 6.42. The van der Waals surface area contributed by atoms with Crippen molar-refractivity contribution in [3.8, 4) is 17.2 Å². The van der Waals surface area contributed by atoms with Gasteiger partial charge in [0.2, 0.25) is 0 Å². The Morgan fingerprint density at radius 2 is 1.81 bits per heavy atom. The zero-order valence-corrected chi connectivity index (χ0v) is 11.6. The van der Waals surface area contributed by atoms with Crippen molar-refractivity contribution in [1.29, 1.82) is 0 Å². The number of cyclic esters (lactones) is 1. The van der Waals surface area contributed by atoms with Gasteiger partial charge in [-0.2, -0.15) is 0 Å². The monoisotopic (exact) mass is 286 g/mol. The summed E-state index contributed by atoms with van der Waals surface area (Å²) in [5.41, 5.74) is 0.717. The predicted molar refractivity (Wildman–Crippen MR) is 74.5 cm³/mol. The lowest BCUT2D eigenvalue weighted by Crippen LogP contribution is -2.39. The van der Waals surface area contributed by atoms with Gasteiger partial charge in [0.05, 0.1) is 7.11 Å². The molecule has 1 aliphatic rings. The van der Waals surface area contributed by atoms with E-state index in [1.54, 1.807) is 50.4 Å². The number of aromatic hydroxyl groups is 1. The van der Waals surface area contributed by atoms with Crippen LogP contribution in [0.2, 0.25) is 0 Å². The van der Waals surface area contributed by atoms with Crippen molar-refractivity contribution in [1.82, 2.24) is 0 Å². The maximum absolute atomic E-state index is 12.1. The minimum atomic E-state index is -1.25. The fraction of sp³-hybridized carbons (Fsp3) is 0.188. The van der Waals surface area contributed by atoms with E-state index >= 15 is 0 Å². The standard InChI is InChI=1S/C16H14O5/c1-16(10-6-8-11(19-2)9-7-10)20-13-5-3-4-12(17)14(13)15(18)21-16/h3-9,17H,1-2H3. The Kier molecular flexibility index (Phi) is 2.97. The van der Waals surface area contributed by atoms with Gasteiger partial charge in [0.1, 0.15) is 22.8 Å². The summed E-state index contributed by atoms with van der Waals surface area (Å²) in [6.07, 6.45) is 0. The Labute approximate surface area is 121 Å². The molecule has 0 radical (unpaired) electrons. The average Bonchev–Trinajstić information content (AvgIpc) is 2.47. The van der Waals surface area contributed by atoms with Crippen molar-refractivity contribution >= 4 is 5.97 Å². The van der Waals surface area contributed by atoms with E-state index in [9.17, 15) is 9.90 Å². The Balaban J connectivity index is 2.02. The highest BCUT2D eigenvalue weighted by Gasteiger charge is 2.41. The average molecular weight is 286 g/mol. The summed E-state index contributed by atoms with van der Waals surface area (Å²) in [6, 6.07) is 11.7. The zero-order chi connectivity index (χ0) is 15.0. The molecular weight excluding hydrogens is 272 g/mol. The molecule has 1 unspecified atom stereocenters. The molecule has 0 amide bonds. The lowest BCUT2D eigenvalue weighted by molar-refractivity contribution is -0.148. The first-order chi connectivity index (χ1) is 10.0. The van der Waals surface area contributed by atoms with E-state index < -0.39 is 11.8 Å². The number of rotatable bonds is 2. The molecule has 2 aromatic carbocycles. The SMILES string of the molecule is COc1ccc(C2(C)OC(=O)c3c(O)cccc3O2)cc1. The molecule has 108 valence electrons. The van der Waals surface area contributed by atoms with Crippen molar-refractivity contribution in [3.05, 3.63) is 53.6 Å². The minimum absolute atomic E-state index is 0.0449. The number of phenols is 1. The van der Waals surface area contributed by atoms with Crippen LogP contribution in [0.1, 0.15) is 22.8 Å². The smallest absolute Gasteiger partial charge is 0.349 e. The number of hydrogen-bond donors (Lipinski definition) is 1. The number of ether oxygens (including phenoxy) is 3. The van der Waals surface area contributed by atoms with Crippen LogP contribution in [-0.2, 0) is 10.5 Å². The van der Waals surface area contributed by atoms with Gasteiger partial charge < -0.3 is 19.3 Å². The second kappa shape index (κ2) is 4.70. The fourth-order valence-electron chi connectivity index (χ4n) is 2.28. The second-order valence-corrected chi connectivity index (χ2v) is 4.82. The van der Waals surface area contributed by atoms with E-state index in [4.69, 9.17) is 14.2 Å². The van der Waals surface area contributed by atoms with Gasteiger partial charge in [-0.05, 0) is 36.4 Å². The van der Waals surface area contributed by atoms with Crippen LogP contribution in [0.15, 0.2) is 42.5 Å². The quantitative estimate of drug-likeness (QED) is 0.860. The highest BCUT2D eigenvalue weighted by Crippen LogP contribution is 2.40. The topological polar surface area (TPSA) is 65.0 Å². The van der Waals surface area contributed by atoms with Gasteiger partial charge in [-0.15, -0.1) is 0 Å². The van der Waals surface area contributed by atoms with Crippen LogP contribution in [0.4, 0.5) is 0 Å². The van der Waals surface area contributed by atoms with Crippen LogP contribution >= 0.6 is 0 Å². The molecule has 1 atom stereocenters. The van der Waals surface area contributed by atoms with Crippen LogP contribution in [0.5, 0.6) is 17.2 Å². The van der Waals surface area contributed by atoms with Crippen molar-refractivity contribution in [3.63, 3.8) is 0 Å². The Bertz CT molecular complexity index is 692. The van der Waals surface area contributed by atoms with Gasteiger partial charge in [0.15, 0.2) is 0 Å². The van der Waals surface area contributed by atoms with Gasteiger partial charge in [0.25, 0.3) is 5.79 Å². The molecule has 21 heavy (non-hydrogen) atoms. The number of esters is 1. The summed E-state index contributed by atoms with van der Waals surface area (Å²) < 4.78 is 16.3. The summed E-state index contributed by atoms with van der Waals surface area (Å²) in [4.78, 5) is 12.1. The maximum atomic E-state index is 12.1.